The topological polar surface area (TPSA) is 95.2 Å². The molecule has 0 radical (unpaired) electrons. The molecular weight excluding hydrogens is 280 g/mol. The molecule has 0 atom stereocenters. The molecule has 0 unspecified atom stereocenters. The minimum absolute atomic E-state index is 0.242. The normalized spacial score (nSPS) is 10.6. The molecule has 0 saturated carbocycles. The molecule has 3 N–H and O–H groups in total. The van der Waals surface area contributed by atoms with E-state index >= 15 is 0 Å². The van der Waals surface area contributed by atoms with Crippen molar-refractivity contribution in [3.8, 4) is 11.5 Å². The SMILES string of the molecule is CCn1c(Sc2cc(OC)c(OC)cc2N)n[nH]c1=O. The Labute approximate surface area is 120 Å². The summed E-state index contributed by atoms with van der Waals surface area (Å²) in [5, 5.41) is 6.95. The van der Waals surface area contributed by atoms with Gasteiger partial charge in [-0.2, -0.15) is 0 Å². The molecule has 0 aliphatic carbocycles. The fourth-order valence-electron chi connectivity index (χ4n) is 1.72. The second kappa shape index (κ2) is 5.91. The van der Waals surface area contributed by atoms with E-state index in [4.69, 9.17) is 15.2 Å². The van der Waals surface area contributed by atoms with Crippen molar-refractivity contribution in [2.75, 3.05) is 20.0 Å². The minimum Gasteiger partial charge on any atom is -0.493 e. The molecule has 20 heavy (non-hydrogen) atoms. The van der Waals surface area contributed by atoms with Crippen molar-refractivity contribution >= 4 is 17.4 Å². The van der Waals surface area contributed by atoms with E-state index in [0.717, 1.165) is 4.90 Å². The first-order valence-electron chi connectivity index (χ1n) is 5.95. The number of nitrogens with zero attached hydrogens (tertiary/aromatic N) is 2. The Kier molecular flexibility index (Phi) is 4.23. The highest BCUT2D eigenvalue weighted by Crippen LogP contribution is 2.38. The van der Waals surface area contributed by atoms with Gasteiger partial charge in [-0.15, -0.1) is 5.10 Å². The lowest BCUT2D eigenvalue weighted by molar-refractivity contribution is 0.354. The fraction of sp³-hybridized carbons (Fsp3) is 0.333. The number of benzene rings is 1. The number of nitrogens with two attached hydrogens (primary N) is 1. The number of methoxy groups -OCH3 is 2. The minimum atomic E-state index is -0.242. The summed E-state index contributed by atoms with van der Waals surface area (Å²) in [5.74, 6) is 1.13. The van der Waals surface area contributed by atoms with Crippen molar-refractivity contribution in [2.45, 2.75) is 23.5 Å². The molecule has 0 aliphatic heterocycles. The largest absolute Gasteiger partial charge is 0.493 e. The van der Waals surface area contributed by atoms with E-state index in [-0.39, 0.29) is 5.69 Å². The number of ether oxygens (including phenoxy) is 2. The maximum Gasteiger partial charge on any atom is 0.343 e. The Morgan fingerprint density at radius 2 is 2.00 bits per heavy atom. The molecule has 0 amide bonds. The molecule has 0 saturated heterocycles. The molecule has 1 aromatic heterocycles. The number of hydrogen-bond donors (Lipinski definition) is 2. The average Bonchev–Trinajstić information content (AvgIpc) is 2.80. The van der Waals surface area contributed by atoms with Gasteiger partial charge in [-0.1, -0.05) is 0 Å². The molecule has 2 aromatic rings. The van der Waals surface area contributed by atoms with Crippen LogP contribution in [0.15, 0.2) is 27.0 Å². The zero-order chi connectivity index (χ0) is 14.7. The summed E-state index contributed by atoms with van der Waals surface area (Å²) in [6, 6.07) is 3.44. The van der Waals surface area contributed by atoms with Crippen LogP contribution in [0, 0.1) is 0 Å². The number of aromatic nitrogens is 3. The number of rotatable bonds is 5. The third kappa shape index (κ3) is 2.60. The van der Waals surface area contributed by atoms with Crippen LogP contribution >= 0.6 is 11.8 Å². The van der Waals surface area contributed by atoms with Crippen LogP contribution in [0.1, 0.15) is 6.92 Å². The van der Waals surface area contributed by atoms with Gasteiger partial charge in [0.15, 0.2) is 16.7 Å². The van der Waals surface area contributed by atoms with Crippen LogP contribution in [0.25, 0.3) is 0 Å². The Balaban J connectivity index is 2.40. The fourth-order valence-corrected chi connectivity index (χ4v) is 2.68. The predicted molar refractivity (Wildman–Crippen MR) is 76.6 cm³/mol. The number of anilines is 1. The summed E-state index contributed by atoms with van der Waals surface area (Å²) in [7, 11) is 3.10. The van der Waals surface area contributed by atoms with Crippen molar-refractivity contribution in [3.05, 3.63) is 22.6 Å². The lowest BCUT2D eigenvalue weighted by Gasteiger charge is -2.11. The number of hydrogen-bond acceptors (Lipinski definition) is 6. The van der Waals surface area contributed by atoms with E-state index in [9.17, 15) is 4.79 Å². The summed E-state index contributed by atoms with van der Waals surface area (Å²) in [5.41, 5.74) is 6.28. The summed E-state index contributed by atoms with van der Waals surface area (Å²) >= 11 is 1.30. The van der Waals surface area contributed by atoms with Gasteiger partial charge in [-0.05, 0) is 18.7 Å². The van der Waals surface area contributed by atoms with Crippen LogP contribution in [0.3, 0.4) is 0 Å². The van der Waals surface area contributed by atoms with Crippen LogP contribution in [-0.4, -0.2) is 29.0 Å². The van der Waals surface area contributed by atoms with Crippen LogP contribution in [-0.2, 0) is 6.54 Å². The molecule has 1 heterocycles. The van der Waals surface area contributed by atoms with E-state index in [1.165, 1.54) is 16.3 Å². The summed E-state index contributed by atoms with van der Waals surface area (Å²) < 4.78 is 11.9. The molecular formula is C12H16N4O3S. The van der Waals surface area contributed by atoms with Crippen molar-refractivity contribution in [3.63, 3.8) is 0 Å². The number of nitrogen functional groups attached to an aromatic ring is 1. The molecule has 0 bridgehead atoms. The number of H-pyrrole nitrogens is 1. The van der Waals surface area contributed by atoms with Crippen LogP contribution in [0.2, 0.25) is 0 Å². The van der Waals surface area contributed by atoms with Gasteiger partial charge >= 0.3 is 5.69 Å². The second-order valence-corrected chi connectivity index (χ2v) is 4.91. The summed E-state index contributed by atoms with van der Waals surface area (Å²) in [4.78, 5) is 12.3. The lowest BCUT2D eigenvalue weighted by Crippen LogP contribution is -2.16. The first kappa shape index (κ1) is 14.3. The quantitative estimate of drug-likeness (QED) is 0.808. The first-order chi connectivity index (χ1) is 9.60. The van der Waals surface area contributed by atoms with Gasteiger partial charge in [0, 0.05) is 29.3 Å². The third-order valence-electron chi connectivity index (χ3n) is 2.76. The Morgan fingerprint density at radius 1 is 1.35 bits per heavy atom. The summed E-state index contributed by atoms with van der Waals surface area (Å²) in [6.45, 7) is 2.41. The van der Waals surface area contributed by atoms with E-state index in [1.807, 2.05) is 6.92 Å². The van der Waals surface area contributed by atoms with Crippen molar-refractivity contribution < 1.29 is 9.47 Å². The van der Waals surface area contributed by atoms with Crippen molar-refractivity contribution in [2.24, 2.45) is 0 Å². The van der Waals surface area contributed by atoms with Crippen molar-refractivity contribution in [1.82, 2.24) is 14.8 Å². The summed E-state index contributed by atoms with van der Waals surface area (Å²) in [6.07, 6.45) is 0. The highest BCUT2D eigenvalue weighted by molar-refractivity contribution is 7.99. The zero-order valence-electron chi connectivity index (χ0n) is 11.5. The molecule has 2 rings (SSSR count). The van der Waals surface area contributed by atoms with E-state index in [0.29, 0.717) is 28.9 Å². The number of aromatic amines is 1. The Bertz CT molecular complexity index is 665. The van der Waals surface area contributed by atoms with Crippen LogP contribution < -0.4 is 20.9 Å². The van der Waals surface area contributed by atoms with Gasteiger partial charge in [0.2, 0.25) is 0 Å². The first-order valence-corrected chi connectivity index (χ1v) is 6.76. The molecule has 1 aromatic carbocycles. The average molecular weight is 296 g/mol. The third-order valence-corrected chi connectivity index (χ3v) is 3.82. The highest BCUT2D eigenvalue weighted by Gasteiger charge is 2.14. The standard InChI is InChI=1S/C12H16N4O3S/c1-4-16-11(17)14-15-12(16)20-10-6-9(19-3)8(18-2)5-7(10)13/h5-6H,4,13H2,1-3H3,(H,14,17). The maximum atomic E-state index is 11.5. The zero-order valence-corrected chi connectivity index (χ0v) is 12.3. The Morgan fingerprint density at radius 3 is 2.60 bits per heavy atom. The molecule has 8 heteroatoms. The molecule has 0 fully saturated rings. The molecule has 108 valence electrons. The van der Waals surface area contributed by atoms with Gasteiger partial charge in [0.1, 0.15) is 0 Å². The maximum absolute atomic E-state index is 11.5. The van der Waals surface area contributed by atoms with Gasteiger partial charge in [0.05, 0.1) is 14.2 Å². The van der Waals surface area contributed by atoms with Gasteiger partial charge in [-0.25, -0.2) is 9.89 Å². The van der Waals surface area contributed by atoms with E-state index in [1.54, 1.807) is 26.4 Å². The van der Waals surface area contributed by atoms with E-state index < -0.39 is 0 Å². The Hall–Kier alpha value is -2.09. The number of nitrogens with one attached hydrogen (secondary N) is 1. The smallest absolute Gasteiger partial charge is 0.343 e. The molecule has 0 aliphatic rings. The second-order valence-electron chi connectivity index (χ2n) is 3.90. The molecule has 0 spiro atoms. The monoisotopic (exact) mass is 296 g/mol. The lowest BCUT2D eigenvalue weighted by atomic mass is 10.3. The predicted octanol–water partition coefficient (Wildman–Crippen LogP) is 1.34. The molecule has 7 nitrogen and oxygen atoms in total. The van der Waals surface area contributed by atoms with Gasteiger partial charge < -0.3 is 15.2 Å². The highest BCUT2D eigenvalue weighted by atomic mass is 32.2. The van der Waals surface area contributed by atoms with Crippen molar-refractivity contribution in [1.29, 1.82) is 0 Å². The van der Waals surface area contributed by atoms with E-state index in [2.05, 4.69) is 10.2 Å². The van der Waals surface area contributed by atoms with Crippen LogP contribution in [0.5, 0.6) is 11.5 Å². The van der Waals surface area contributed by atoms with Gasteiger partial charge in [0.25, 0.3) is 0 Å². The van der Waals surface area contributed by atoms with Gasteiger partial charge in [-0.3, -0.25) is 4.57 Å². The van der Waals surface area contributed by atoms with Crippen LogP contribution in [0.4, 0.5) is 5.69 Å².